The Balaban J connectivity index is 1.88. The van der Waals surface area contributed by atoms with Crippen molar-refractivity contribution in [3.8, 4) is 0 Å². The molecule has 0 aromatic heterocycles. The maximum absolute atomic E-state index is 11.4. The van der Waals surface area contributed by atoms with Crippen LogP contribution in [0.3, 0.4) is 0 Å². The van der Waals surface area contributed by atoms with E-state index in [1.807, 2.05) is 0 Å². The van der Waals surface area contributed by atoms with Gasteiger partial charge >= 0.3 is 0 Å². The highest BCUT2D eigenvalue weighted by molar-refractivity contribution is 6.12. The van der Waals surface area contributed by atoms with Crippen LogP contribution < -0.4 is 11.3 Å². The first kappa shape index (κ1) is 11.8. The van der Waals surface area contributed by atoms with Crippen LogP contribution in [0.4, 0.5) is 0 Å². The summed E-state index contributed by atoms with van der Waals surface area (Å²) < 4.78 is 0. The topological polar surface area (TPSA) is 92.5 Å². The number of hydrazine groups is 1. The highest BCUT2D eigenvalue weighted by Gasteiger charge is 2.33. The Hall–Kier alpha value is -1.69. The van der Waals surface area contributed by atoms with Gasteiger partial charge in [0, 0.05) is 24.6 Å². The summed E-state index contributed by atoms with van der Waals surface area (Å²) in [5, 5.41) is 0. The zero-order valence-electron chi connectivity index (χ0n) is 9.39. The number of nitrogens with one attached hydrogen (secondary N) is 1. The van der Waals surface area contributed by atoms with Crippen LogP contribution in [-0.2, 0) is 14.4 Å². The molecule has 2 rings (SSSR count). The number of amides is 3. The van der Waals surface area contributed by atoms with Crippen molar-refractivity contribution in [1.82, 2.24) is 10.3 Å². The average molecular weight is 237 g/mol. The van der Waals surface area contributed by atoms with Crippen molar-refractivity contribution >= 4 is 17.7 Å². The van der Waals surface area contributed by atoms with E-state index in [1.165, 1.54) is 17.1 Å². The molecule has 3 amide bonds. The molecule has 2 aliphatic rings. The molecule has 0 radical (unpaired) electrons. The SMILES string of the molecule is NNC(=O)C1CCC(CN2C(=O)C=CC2=O)C1. The number of hydrogen-bond donors (Lipinski definition) is 2. The number of carbonyl (C=O) groups excluding carboxylic acids is 3. The third-order valence-corrected chi connectivity index (χ3v) is 3.40. The largest absolute Gasteiger partial charge is 0.294 e. The van der Waals surface area contributed by atoms with E-state index < -0.39 is 0 Å². The molecule has 6 nitrogen and oxygen atoms in total. The molecule has 0 bridgehead atoms. The number of hydrogen-bond acceptors (Lipinski definition) is 4. The third-order valence-electron chi connectivity index (χ3n) is 3.40. The Morgan fingerprint density at radius 3 is 2.59 bits per heavy atom. The fourth-order valence-electron chi connectivity index (χ4n) is 2.47. The highest BCUT2D eigenvalue weighted by Crippen LogP contribution is 2.31. The lowest BCUT2D eigenvalue weighted by Crippen LogP contribution is -2.36. The van der Waals surface area contributed by atoms with Crippen molar-refractivity contribution in [3.63, 3.8) is 0 Å². The molecule has 1 fully saturated rings. The van der Waals surface area contributed by atoms with Crippen molar-refractivity contribution in [2.24, 2.45) is 17.7 Å². The Bertz CT molecular complexity index is 373. The molecule has 6 heteroatoms. The number of carbonyl (C=O) groups is 3. The monoisotopic (exact) mass is 237 g/mol. The van der Waals surface area contributed by atoms with Gasteiger partial charge in [-0.1, -0.05) is 0 Å². The smallest absolute Gasteiger partial charge is 0.253 e. The van der Waals surface area contributed by atoms with Gasteiger partial charge in [-0.05, 0) is 25.2 Å². The lowest BCUT2D eigenvalue weighted by Gasteiger charge is -2.18. The van der Waals surface area contributed by atoms with Crippen LogP contribution in [0.1, 0.15) is 19.3 Å². The Kier molecular flexibility index (Phi) is 3.23. The van der Waals surface area contributed by atoms with Crippen molar-refractivity contribution in [1.29, 1.82) is 0 Å². The van der Waals surface area contributed by atoms with Crippen molar-refractivity contribution in [3.05, 3.63) is 12.2 Å². The Morgan fingerprint density at radius 1 is 1.35 bits per heavy atom. The summed E-state index contributed by atoms with van der Waals surface area (Å²) in [6, 6.07) is 0. The normalized spacial score (nSPS) is 27.9. The van der Waals surface area contributed by atoms with Crippen LogP contribution in [0, 0.1) is 11.8 Å². The van der Waals surface area contributed by atoms with Crippen LogP contribution in [-0.4, -0.2) is 29.2 Å². The minimum Gasteiger partial charge on any atom is -0.294 e. The predicted octanol–water partition coefficient (Wildman–Crippen LogP) is -0.682. The molecule has 0 aromatic carbocycles. The Morgan fingerprint density at radius 2 is 2.00 bits per heavy atom. The zero-order chi connectivity index (χ0) is 12.4. The first-order chi connectivity index (χ1) is 8.11. The zero-order valence-corrected chi connectivity index (χ0v) is 9.39. The molecule has 2 atom stereocenters. The second kappa shape index (κ2) is 4.67. The van der Waals surface area contributed by atoms with Crippen LogP contribution >= 0.6 is 0 Å². The van der Waals surface area contributed by atoms with Gasteiger partial charge in [-0.25, -0.2) is 5.84 Å². The quantitative estimate of drug-likeness (QED) is 0.294. The van der Waals surface area contributed by atoms with Gasteiger partial charge in [0.15, 0.2) is 0 Å². The first-order valence-corrected chi connectivity index (χ1v) is 5.66. The number of imide groups is 1. The van der Waals surface area contributed by atoms with E-state index in [0.717, 1.165) is 12.8 Å². The molecule has 0 saturated heterocycles. The molecule has 0 spiro atoms. The van der Waals surface area contributed by atoms with E-state index in [1.54, 1.807) is 0 Å². The lowest BCUT2D eigenvalue weighted by molar-refractivity contribution is -0.137. The summed E-state index contributed by atoms with van der Waals surface area (Å²) in [4.78, 5) is 35.3. The summed E-state index contributed by atoms with van der Waals surface area (Å²) in [6.07, 6.45) is 4.84. The van der Waals surface area contributed by atoms with E-state index in [9.17, 15) is 14.4 Å². The van der Waals surface area contributed by atoms with Gasteiger partial charge in [0.1, 0.15) is 0 Å². The molecule has 2 unspecified atom stereocenters. The van der Waals surface area contributed by atoms with Gasteiger partial charge in [0.2, 0.25) is 5.91 Å². The van der Waals surface area contributed by atoms with Gasteiger partial charge in [0.25, 0.3) is 11.8 Å². The molecule has 1 saturated carbocycles. The fraction of sp³-hybridized carbons (Fsp3) is 0.545. The van der Waals surface area contributed by atoms with Crippen LogP contribution in [0.5, 0.6) is 0 Å². The standard InChI is InChI=1S/C11H15N3O3/c12-13-11(17)8-2-1-7(5-8)6-14-9(15)3-4-10(14)16/h3-4,7-8H,1-2,5-6,12H2,(H,13,17). The van der Waals surface area contributed by atoms with Crippen molar-refractivity contribution < 1.29 is 14.4 Å². The van der Waals surface area contributed by atoms with Gasteiger partial charge in [-0.15, -0.1) is 0 Å². The van der Waals surface area contributed by atoms with E-state index in [0.29, 0.717) is 13.0 Å². The molecule has 1 heterocycles. The summed E-state index contributed by atoms with van der Waals surface area (Å²) in [7, 11) is 0. The second-order valence-electron chi connectivity index (χ2n) is 4.51. The van der Waals surface area contributed by atoms with Gasteiger partial charge in [-0.3, -0.25) is 24.7 Å². The summed E-state index contributed by atoms with van der Waals surface area (Å²) in [6.45, 7) is 0.402. The predicted molar refractivity (Wildman–Crippen MR) is 59.0 cm³/mol. The molecular formula is C11H15N3O3. The van der Waals surface area contributed by atoms with Crippen LogP contribution in [0.25, 0.3) is 0 Å². The number of rotatable bonds is 3. The summed E-state index contributed by atoms with van der Waals surface area (Å²) in [5.74, 6) is 4.50. The molecule has 17 heavy (non-hydrogen) atoms. The van der Waals surface area contributed by atoms with Gasteiger partial charge < -0.3 is 0 Å². The minimum atomic E-state index is -0.262. The molecular weight excluding hydrogens is 222 g/mol. The van der Waals surface area contributed by atoms with E-state index >= 15 is 0 Å². The maximum atomic E-state index is 11.4. The van der Waals surface area contributed by atoms with Crippen molar-refractivity contribution in [2.75, 3.05) is 6.54 Å². The van der Waals surface area contributed by atoms with Gasteiger partial charge in [0.05, 0.1) is 0 Å². The molecule has 92 valence electrons. The van der Waals surface area contributed by atoms with Crippen LogP contribution in [0.15, 0.2) is 12.2 Å². The average Bonchev–Trinajstić information content (AvgIpc) is 2.90. The molecule has 0 aromatic rings. The van der Waals surface area contributed by atoms with E-state index in [2.05, 4.69) is 5.43 Å². The minimum absolute atomic E-state index is 0.0919. The highest BCUT2D eigenvalue weighted by atomic mass is 16.2. The summed E-state index contributed by atoms with van der Waals surface area (Å²) in [5.41, 5.74) is 2.14. The molecule has 1 aliphatic heterocycles. The summed E-state index contributed by atoms with van der Waals surface area (Å²) >= 11 is 0. The first-order valence-electron chi connectivity index (χ1n) is 5.66. The van der Waals surface area contributed by atoms with Gasteiger partial charge in [-0.2, -0.15) is 0 Å². The van der Waals surface area contributed by atoms with E-state index in [4.69, 9.17) is 5.84 Å². The fourth-order valence-corrected chi connectivity index (χ4v) is 2.47. The molecule has 3 N–H and O–H groups in total. The molecule has 1 aliphatic carbocycles. The van der Waals surface area contributed by atoms with Crippen molar-refractivity contribution in [2.45, 2.75) is 19.3 Å². The van der Waals surface area contributed by atoms with Crippen LogP contribution in [0.2, 0.25) is 0 Å². The third kappa shape index (κ3) is 2.36. The van der Waals surface area contributed by atoms with E-state index in [-0.39, 0.29) is 29.6 Å². The number of nitrogens with two attached hydrogens (primary N) is 1. The lowest BCUT2D eigenvalue weighted by atomic mass is 10.0. The Labute approximate surface area is 98.8 Å². The maximum Gasteiger partial charge on any atom is 0.253 e. The second-order valence-corrected chi connectivity index (χ2v) is 4.51. The number of nitrogens with zero attached hydrogens (tertiary/aromatic N) is 1.